The number of piperazine rings is 1. The predicted octanol–water partition coefficient (Wildman–Crippen LogP) is 3.11. The summed E-state index contributed by atoms with van der Waals surface area (Å²) in [4.78, 5) is 17.9. The van der Waals surface area contributed by atoms with Gasteiger partial charge in [-0.15, -0.1) is 0 Å². The number of ether oxygens (including phenoxy) is 2. The van der Waals surface area contributed by atoms with E-state index in [-0.39, 0.29) is 23.6 Å². The molecule has 0 radical (unpaired) electrons. The lowest BCUT2D eigenvalue weighted by atomic mass is 9.77. The summed E-state index contributed by atoms with van der Waals surface area (Å²) in [6.07, 6.45) is 3.46. The topological polar surface area (TPSA) is 45.3 Å². The molecule has 0 bridgehead atoms. The summed E-state index contributed by atoms with van der Waals surface area (Å²) in [5.74, 6) is 1.08. The number of hydrogen-bond donors (Lipinski definition) is 0. The van der Waals surface area contributed by atoms with Crippen LogP contribution in [0.3, 0.4) is 0 Å². The Kier molecular flexibility index (Phi) is 4.30. The molecule has 3 aliphatic heterocycles. The number of allylic oxidation sites excluding steroid dienone is 1. The van der Waals surface area contributed by atoms with Crippen molar-refractivity contribution in [1.29, 1.82) is 0 Å². The van der Waals surface area contributed by atoms with Crippen LogP contribution in [0.2, 0.25) is 0 Å². The number of hydrogen-bond acceptors (Lipinski definition) is 5. The van der Waals surface area contributed by atoms with Gasteiger partial charge in [0.2, 0.25) is 0 Å². The molecule has 0 unspecified atom stereocenters. The monoisotopic (exact) mass is 408 g/mol. The molecule has 160 valence electrons. The van der Waals surface area contributed by atoms with Crippen LogP contribution in [0.25, 0.3) is 0 Å². The van der Waals surface area contributed by atoms with Crippen LogP contribution in [0.4, 0.5) is 5.69 Å². The van der Waals surface area contributed by atoms with Crippen LogP contribution < -0.4 is 4.90 Å². The number of carbonyl (C=O) groups is 1. The van der Waals surface area contributed by atoms with Crippen LogP contribution in [-0.4, -0.2) is 61.4 Å². The van der Waals surface area contributed by atoms with Crippen LogP contribution in [0.15, 0.2) is 42.5 Å². The van der Waals surface area contributed by atoms with Crippen molar-refractivity contribution >= 4 is 11.7 Å². The minimum Gasteiger partial charge on any atom is -0.461 e. The maximum Gasteiger partial charge on any atom is 0.310 e. The molecule has 0 amide bonds. The summed E-state index contributed by atoms with van der Waals surface area (Å²) >= 11 is 0. The highest BCUT2D eigenvalue weighted by atomic mass is 16.6. The Bertz CT molecular complexity index is 849. The Labute approximate surface area is 179 Å². The number of nitrogens with zero attached hydrogens (tertiary/aromatic N) is 2. The lowest BCUT2D eigenvalue weighted by Crippen LogP contribution is -2.49. The van der Waals surface area contributed by atoms with E-state index in [9.17, 15) is 4.79 Å². The Balaban J connectivity index is 1.15. The molecule has 30 heavy (non-hydrogen) atoms. The molecule has 0 aromatic heterocycles. The number of benzene rings is 1. The quantitative estimate of drug-likeness (QED) is 0.437. The minimum absolute atomic E-state index is 0.00812. The Hall–Kier alpha value is -1.85. The van der Waals surface area contributed by atoms with Crippen molar-refractivity contribution < 1.29 is 14.3 Å². The van der Waals surface area contributed by atoms with Gasteiger partial charge < -0.3 is 14.4 Å². The van der Waals surface area contributed by atoms with Gasteiger partial charge in [-0.3, -0.25) is 9.69 Å². The van der Waals surface area contributed by atoms with Crippen molar-refractivity contribution in [2.45, 2.75) is 44.0 Å². The van der Waals surface area contributed by atoms with Crippen LogP contribution in [-0.2, 0) is 14.3 Å². The van der Waals surface area contributed by atoms with E-state index in [4.69, 9.17) is 9.47 Å². The van der Waals surface area contributed by atoms with Crippen LogP contribution in [0.1, 0.15) is 26.2 Å². The van der Waals surface area contributed by atoms with Gasteiger partial charge in [-0.2, -0.15) is 0 Å². The smallest absolute Gasteiger partial charge is 0.310 e. The summed E-state index contributed by atoms with van der Waals surface area (Å²) in [5.41, 5.74) is 2.55. The van der Waals surface area contributed by atoms with Crippen molar-refractivity contribution in [3.8, 4) is 0 Å². The van der Waals surface area contributed by atoms with Crippen LogP contribution in [0, 0.1) is 23.7 Å². The highest BCUT2D eigenvalue weighted by Gasteiger charge is 2.71. The number of epoxide rings is 1. The highest BCUT2D eigenvalue weighted by Crippen LogP contribution is 2.63. The van der Waals surface area contributed by atoms with Crippen molar-refractivity contribution in [2.24, 2.45) is 23.7 Å². The van der Waals surface area contributed by atoms with E-state index in [1.54, 1.807) is 0 Å². The summed E-state index contributed by atoms with van der Waals surface area (Å²) in [6.45, 7) is 11.5. The molecule has 1 aromatic rings. The fourth-order valence-corrected chi connectivity index (χ4v) is 6.87. The number of para-hydroxylation sites is 1. The fraction of sp³-hybridized carbons (Fsp3) is 0.640. The molecule has 2 aliphatic carbocycles. The van der Waals surface area contributed by atoms with Gasteiger partial charge >= 0.3 is 5.97 Å². The normalized spacial score (nSPS) is 42.9. The second kappa shape index (κ2) is 6.83. The third-order valence-electron chi connectivity index (χ3n) is 8.66. The summed E-state index contributed by atoms with van der Waals surface area (Å²) < 4.78 is 12.2. The molecule has 0 spiro atoms. The van der Waals surface area contributed by atoms with Gasteiger partial charge in [-0.05, 0) is 44.2 Å². The number of anilines is 1. The average molecular weight is 409 g/mol. The Morgan fingerprint density at radius 2 is 1.93 bits per heavy atom. The molecular weight excluding hydrogens is 376 g/mol. The molecule has 0 N–H and O–H groups in total. The van der Waals surface area contributed by atoms with Gasteiger partial charge in [0.25, 0.3) is 0 Å². The van der Waals surface area contributed by atoms with Gasteiger partial charge in [0, 0.05) is 50.2 Å². The first kappa shape index (κ1) is 18.9. The molecule has 1 aromatic carbocycles. The third-order valence-corrected chi connectivity index (χ3v) is 8.66. The lowest BCUT2D eigenvalue weighted by Gasteiger charge is -2.37. The van der Waals surface area contributed by atoms with Crippen LogP contribution >= 0.6 is 0 Å². The molecule has 5 nitrogen and oxygen atoms in total. The second-order valence-corrected chi connectivity index (χ2v) is 10.2. The first-order chi connectivity index (χ1) is 14.5. The number of esters is 1. The molecule has 7 atom stereocenters. The molecule has 2 saturated carbocycles. The van der Waals surface area contributed by atoms with E-state index >= 15 is 0 Å². The standard InChI is InChI=1S/C25H32N2O3/c1-16-8-9-18-20(15-26-10-12-27(13-11-26)17-6-4-3-5-7-17)24(28)29-23(18)22-19(16)14-21-25(22,2)30-21/h3-7,18-23H,1,8-15H2,2H3/t18-,19+,20-,21+,22-,23+,25+/m0/s1. The summed E-state index contributed by atoms with van der Waals surface area (Å²) in [6, 6.07) is 10.6. The second-order valence-electron chi connectivity index (χ2n) is 10.2. The molecule has 6 rings (SSSR count). The largest absolute Gasteiger partial charge is 0.461 e. The Morgan fingerprint density at radius 1 is 1.17 bits per heavy atom. The van der Waals surface area contributed by atoms with Crippen LogP contribution in [0.5, 0.6) is 0 Å². The predicted molar refractivity (Wildman–Crippen MR) is 115 cm³/mol. The van der Waals surface area contributed by atoms with Crippen molar-refractivity contribution in [3.63, 3.8) is 0 Å². The van der Waals surface area contributed by atoms with E-state index in [0.29, 0.717) is 23.9 Å². The maximum absolute atomic E-state index is 13.0. The molecule has 3 heterocycles. The van der Waals surface area contributed by atoms with Gasteiger partial charge in [-0.25, -0.2) is 0 Å². The van der Waals surface area contributed by atoms with E-state index in [1.807, 2.05) is 0 Å². The Morgan fingerprint density at radius 3 is 2.70 bits per heavy atom. The number of carbonyl (C=O) groups excluding carboxylic acids is 1. The SMILES string of the molecule is C=C1CC[C@@H]2[C@@H](OC(=O)[C@H]2CN2CCN(c3ccccc3)CC2)[C@@H]2[C@@H]1C[C@H]1O[C@@]21C. The molecule has 5 aliphatic rings. The number of fused-ring (bicyclic) bond motifs is 5. The minimum atomic E-state index is -0.0999. The van der Waals surface area contributed by atoms with Gasteiger partial charge in [0.05, 0.1) is 17.6 Å². The summed E-state index contributed by atoms with van der Waals surface area (Å²) in [7, 11) is 0. The van der Waals surface area contributed by atoms with Crippen molar-refractivity contribution in [3.05, 3.63) is 42.5 Å². The van der Waals surface area contributed by atoms with Crippen molar-refractivity contribution in [1.82, 2.24) is 4.90 Å². The fourth-order valence-electron chi connectivity index (χ4n) is 6.87. The third kappa shape index (κ3) is 2.85. The highest BCUT2D eigenvalue weighted by molar-refractivity contribution is 5.76. The molecular formula is C25H32N2O3. The maximum atomic E-state index is 13.0. The van der Waals surface area contributed by atoms with Crippen molar-refractivity contribution in [2.75, 3.05) is 37.6 Å². The van der Waals surface area contributed by atoms with E-state index in [1.165, 1.54) is 11.3 Å². The first-order valence-corrected chi connectivity index (χ1v) is 11.6. The summed E-state index contributed by atoms with van der Waals surface area (Å²) in [5, 5.41) is 0. The average Bonchev–Trinajstić information content (AvgIpc) is 3.24. The van der Waals surface area contributed by atoms with Gasteiger partial charge in [0.15, 0.2) is 0 Å². The van der Waals surface area contributed by atoms with Gasteiger partial charge in [-0.1, -0.05) is 30.4 Å². The number of rotatable bonds is 3. The van der Waals surface area contributed by atoms with E-state index in [0.717, 1.165) is 52.0 Å². The first-order valence-electron chi connectivity index (χ1n) is 11.6. The molecule has 5 fully saturated rings. The zero-order valence-corrected chi connectivity index (χ0v) is 17.8. The van der Waals surface area contributed by atoms with Gasteiger partial charge in [0.1, 0.15) is 6.10 Å². The molecule has 3 saturated heterocycles. The molecule has 5 heteroatoms. The zero-order chi connectivity index (χ0) is 20.5. The lowest BCUT2D eigenvalue weighted by molar-refractivity contribution is -0.147. The van der Waals surface area contributed by atoms with E-state index in [2.05, 4.69) is 53.6 Å². The van der Waals surface area contributed by atoms with E-state index < -0.39 is 0 Å². The zero-order valence-electron chi connectivity index (χ0n) is 17.8.